The highest BCUT2D eigenvalue weighted by Crippen LogP contribution is 2.32. The van der Waals surface area contributed by atoms with E-state index in [1.807, 2.05) is 24.3 Å². The van der Waals surface area contributed by atoms with Crippen LogP contribution in [0.5, 0.6) is 11.5 Å². The van der Waals surface area contributed by atoms with Gasteiger partial charge in [-0.2, -0.15) is 4.39 Å². The molecular formula is C21H17F2N3O2. The zero-order valence-corrected chi connectivity index (χ0v) is 15.3. The molecule has 142 valence electrons. The highest BCUT2D eigenvalue weighted by molar-refractivity contribution is 5.80. The normalized spacial score (nSPS) is 11.0. The minimum absolute atomic E-state index is 0.0910. The van der Waals surface area contributed by atoms with Gasteiger partial charge in [0.25, 0.3) is 0 Å². The number of aromatic nitrogens is 3. The molecule has 0 atom stereocenters. The van der Waals surface area contributed by atoms with Gasteiger partial charge < -0.3 is 14.0 Å². The first-order valence-corrected chi connectivity index (χ1v) is 8.59. The van der Waals surface area contributed by atoms with Gasteiger partial charge in [0, 0.05) is 12.7 Å². The second-order valence-corrected chi connectivity index (χ2v) is 6.16. The molecule has 0 N–H and O–H groups in total. The number of halogens is 2. The zero-order valence-electron chi connectivity index (χ0n) is 15.3. The first-order chi connectivity index (χ1) is 13.6. The molecule has 4 rings (SSSR count). The Kier molecular flexibility index (Phi) is 4.65. The third-order valence-electron chi connectivity index (χ3n) is 4.55. The summed E-state index contributed by atoms with van der Waals surface area (Å²) in [5.41, 5.74) is 1.78. The van der Waals surface area contributed by atoms with Crippen LogP contribution in [0, 0.1) is 11.8 Å². The SMILES string of the molecule is COc1ccc(Cn2c(-c3cccc(OC)c3F)nc3c(F)nccc32)cc1. The highest BCUT2D eigenvalue weighted by atomic mass is 19.1. The Labute approximate surface area is 160 Å². The fourth-order valence-corrected chi connectivity index (χ4v) is 3.14. The Hall–Kier alpha value is -3.48. The van der Waals surface area contributed by atoms with E-state index in [1.165, 1.54) is 19.4 Å². The Bertz CT molecular complexity index is 1140. The molecule has 4 aromatic rings. The lowest BCUT2D eigenvalue weighted by Gasteiger charge is -2.12. The molecule has 5 nitrogen and oxygen atoms in total. The number of benzene rings is 2. The standard InChI is InChI=1S/C21H17F2N3O2/c1-27-14-8-6-13(7-9-14)12-26-16-10-11-24-20(23)19(16)25-21(26)15-4-3-5-17(28-2)18(15)22/h3-11H,12H2,1-2H3. The largest absolute Gasteiger partial charge is 0.497 e. The Morgan fingerprint density at radius 3 is 2.46 bits per heavy atom. The van der Waals surface area contributed by atoms with Gasteiger partial charge in [-0.15, -0.1) is 0 Å². The molecule has 0 spiro atoms. The van der Waals surface area contributed by atoms with Gasteiger partial charge in [0.2, 0.25) is 5.95 Å². The summed E-state index contributed by atoms with van der Waals surface area (Å²) >= 11 is 0. The maximum atomic E-state index is 14.9. The maximum absolute atomic E-state index is 14.9. The molecule has 2 aromatic carbocycles. The number of rotatable bonds is 5. The van der Waals surface area contributed by atoms with Crippen LogP contribution in [0.4, 0.5) is 8.78 Å². The van der Waals surface area contributed by atoms with Crippen LogP contribution >= 0.6 is 0 Å². The summed E-state index contributed by atoms with van der Waals surface area (Å²) in [6.07, 6.45) is 1.37. The fraction of sp³-hybridized carbons (Fsp3) is 0.143. The molecule has 0 unspecified atom stereocenters. The molecule has 0 aliphatic carbocycles. The Balaban J connectivity index is 1.91. The van der Waals surface area contributed by atoms with Gasteiger partial charge in [0.1, 0.15) is 17.1 Å². The third kappa shape index (κ3) is 3.05. The number of fused-ring (bicyclic) bond motifs is 1. The summed E-state index contributed by atoms with van der Waals surface area (Å²) in [6.45, 7) is 0.371. The van der Waals surface area contributed by atoms with Crippen molar-refractivity contribution in [1.29, 1.82) is 0 Å². The molecule has 28 heavy (non-hydrogen) atoms. The van der Waals surface area contributed by atoms with Gasteiger partial charge >= 0.3 is 0 Å². The predicted octanol–water partition coefficient (Wildman–Crippen LogP) is 4.44. The molecule has 0 aliphatic heterocycles. The summed E-state index contributed by atoms with van der Waals surface area (Å²) in [7, 11) is 2.99. The fourth-order valence-electron chi connectivity index (χ4n) is 3.14. The topological polar surface area (TPSA) is 49.2 Å². The second kappa shape index (κ2) is 7.26. The van der Waals surface area contributed by atoms with Crippen molar-refractivity contribution in [2.75, 3.05) is 14.2 Å². The summed E-state index contributed by atoms with van der Waals surface area (Å²) in [6, 6.07) is 13.9. The van der Waals surface area contributed by atoms with Crippen molar-refractivity contribution >= 4 is 11.0 Å². The van der Waals surface area contributed by atoms with Crippen LogP contribution in [-0.2, 0) is 6.54 Å². The molecule has 0 bridgehead atoms. The first-order valence-electron chi connectivity index (χ1n) is 8.59. The maximum Gasteiger partial charge on any atom is 0.240 e. The third-order valence-corrected chi connectivity index (χ3v) is 4.55. The van der Waals surface area contributed by atoms with E-state index in [4.69, 9.17) is 9.47 Å². The molecule has 2 aromatic heterocycles. The predicted molar refractivity (Wildman–Crippen MR) is 102 cm³/mol. The van der Waals surface area contributed by atoms with Crippen LogP contribution < -0.4 is 9.47 Å². The monoisotopic (exact) mass is 381 g/mol. The van der Waals surface area contributed by atoms with Crippen LogP contribution in [-0.4, -0.2) is 28.8 Å². The van der Waals surface area contributed by atoms with Gasteiger partial charge in [-0.3, -0.25) is 0 Å². The van der Waals surface area contributed by atoms with Gasteiger partial charge in [-0.25, -0.2) is 14.4 Å². The molecule has 0 saturated heterocycles. The molecule has 0 radical (unpaired) electrons. The second-order valence-electron chi connectivity index (χ2n) is 6.16. The van der Waals surface area contributed by atoms with E-state index in [0.29, 0.717) is 17.9 Å². The van der Waals surface area contributed by atoms with Crippen molar-refractivity contribution in [2.45, 2.75) is 6.54 Å². The van der Waals surface area contributed by atoms with Crippen LogP contribution in [0.1, 0.15) is 5.56 Å². The smallest absolute Gasteiger partial charge is 0.240 e. The van der Waals surface area contributed by atoms with E-state index in [9.17, 15) is 8.78 Å². The van der Waals surface area contributed by atoms with E-state index in [-0.39, 0.29) is 16.8 Å². The Morgan fingerprint density at radius 1 is 0.964 bits per heavy atom. The van der Waals surface area contributed by atoms with E-state index in [0.717, 1.165) is 11.3 Å². The van der Waals surface area contributed by atoms with E-state index in [1.54, 1.807) is 29.9 Å². The summed E-state index contributed by atoms with van der Waals surface area (Å²) < 4.78 is 41.2. The van der Waals surface area contributed by atoms with Crippen LogP contribution in [0.3, 0.4) is 0 Å². The lowest BCUT2D eigenvalue weighted by Crippen LogP contribution is -2.04. The summed E-state index contributed by atoms with van der Waals surface area (Å²) in [5, 5.41) is 0. The van der Waals surface area contributed by atoms with E-state index in [2.05, 4.69) is 9.97 Å². The highest BCUT2D eigenvalue weighted by Gasteiger charge is 2.20. The minimum Gasteiger partial charge on any atom is -0.497 e. The minimum atomic E-state index is -0.699. The molecule has 0 aliphatic rings. The van der Waals surface area contributed by atoms with Crippen molar-refractivity contribution in [2.24, 2.45) is 0 Å². The molecule has 0 amide bonds. The van der Waals surface area contributed by atoms with Gasteiger partial charge in [0.15, 0.2) is 11.6 Å². The van der Waals surface area contributed by atoms with Crippen molar-refractivity contribution < 1.29 is 18.3 Å². The molecule has 2 heterocycles. The molecule has 0 saturated carbocycles. The summed E-state index contributed by atoms with van der Waals surface area (Å²) in [5.74, 6) is -0.123. The quantitative estimate of drug-likeness (QED) is 0.480. The van der Waals surface area contributed by atoms with Gasteiger partial charge in [0.05, 0.1) is 25.3 Å². The van der Waals surface area contributed by atoms with Crippen molar-refractivity contribution in [1.82, 2.24) is 14.5 Å². The van der Waals surface area contributed by atoms with E-state index < -0.39 is 11.8 Å². The van der Waals surface area contributed by atoms with Gasteiger partial charge in [-0.05, 0) is 35.9 Å². The average molecular weight is 381 g/mol. The number of methoxy groups -OCH3 is 2. The van der Waals surface area contributed by atoms with Gasteiger partial charge in [-0.1, -0.05) is 18.2 Å². The van der Waals surface area contributed by atoms with Crippen molar-refractivity contribution in [3.8, 4) is 22.9 Å². The molecular weight excluding hydrogens is 364 g/mol. The number of pyridine rings is 1. The number of hydrogen-bond acceptors (Lipinski definition) is 4. The first kappa shape index (κ1) is 17.9. The zero-order chi connectivity index (χ0) is 19.7. The number of ether oxygens (including phenoxy) is 2. The molecule has 7 heteroatoms. The lowest BCUT2D eigenvalue weighted by atomic mass is 10.1. The number of nitrogens with zero attached hydrogens (tertiary/aromatic N) is 3. The average Bonchev–Trinajstić information content (AvgIpc) is 3.08. The molecule has 0 fully saturated rings. The van der Waals surface area contributed by atoms with E-state index >= 15 is 0 Å². The lowest BCUT2D eigenvalue weighted by molar-refractivity contribution is 0.387. The number of hydrogen-bond donors (Lipinski definition) is 0. The van der Waals surface area contributed by atoms with Crippen molar-refractivity contribution in [3.63, 3.8) is 0 Å². The van der Waals surface area contributed by atoms with Crippen LogP contribution in [0.25, 0.3) is 22.4 Å². The summed E-state index contributed by atoms with van der Waals surface area (Å²) in [4.78, 5) is 8.02. The Morgan fingerprint density at radius 2 is 1.75 bits per heavy atom. The number of imidazole rings is 1. The van der Waals surface area contributed by atoms with Crippen molar-refractivity contribution in [3.05, 3.63) is 72.1 Å². The van der Waals surface area contributed by atoms with Crippen LogP contribution in [0.15, 0.2) is 54.7 Å². The van der Waals surface area contributed by atoms with Crippen LogP contribution in [0.2, 0.25) is 0 Å².